The van der Waals surface area contributed by atoms with E-state index < -0.39 is 0 Å². The Morgan fingerprint density at radius 2 is 2.20 bits per heavy atom. The van der Waals surface area contributed by atoms with Gasteiger partial charge in [0.2, 0.25) is 0 Å². The molecule has 0 aromatic heterocycles. The maximum Gasteiger partial charge on any atom is 0.121 e. The van der Waals surface area contributed by atoms with Gasteiger partial charge in [-0.25, -0.2) is 0 Å². The molecule has 0 bridgehead atoms. The van der Waals surface area contributed by atoms with Gasteiger partial charge in [-0.1, -0.05) is 12.1 Å². The molecule has 6 heteroatoms. The van der Waals surface area contributed by atoms with E-state index in [1.165, 1.54) is 0 Å². The van der Waals surface area contributed by atoms with Crippen molar-refractivity contribution in [2.24, 2.45) is 5.29 Å². The monoisotopic (exact) mass is 213 g/mol. The van der Waals surface area contributed by atoms with E-state index in [-0.39, 0.29) is 12.7 Å². The molecule has 0 aliphatic carbocycles. The number of nitroso groups, excluding NO2 is 1. The molecule has 1 aromatic rings. The van der Waals surface area contributed by atoms with E-state index in [4.69, 9.17) is 9.94 Å². The summed E-state index contributed by atoms with van der Waals surface area (Å²) < 4.78 is 5.07. The molecule has 84 valence electrons. The molecule has 0 fully saturated rings. The van der Waals surface area contributed by atoms with Crippen molar-refractivity contribution in [3.63, 3.8) is 0 Å². The summed E-state index contributed by atoms with van der Waals surface area (Å²) in [7, 11) is 1.59. The topological polar surface area (TPSA) is 97.1 Å². The van der Waals surface area contributed by atoms with Gasteiger partial charge in [-0.05, 0) is 24.1 Å². The van der Waals surface area contributed by atoms with Crippen LogP contribution in [-0.4, -0.2) is 17.5 Å². The molecule has 0 saturated heterocycles. The molecule has 0 radical (unpaired) electrons. The number of hydrogen-bond donors (Lipinski definition) is 2. The summed E-state index contributed by atoms with van der Waals surface area (Å²) >= 11 is 0. The molecule has 6 nitrogen and oxygen atoms in total. The number of benzene rings is 1. The largest absolute Gasteiger partial charge is 0.496 e. The predicted octanol–water partition coefficient (Wildman–Crippen LogP) is 2.04. The van der Waals surface area contributed by atoms with E-state index in [0.717, 1.165) is 16.9 Å². The predicted molar refractivity (Wildman–Crippen MR) is 55.9 cm³/mol. The van der Waals surface area contributed by atoms with Gasteiger partial charge in [0, 0.05) is 0 Å². The molecule has 4 N–H and O–H groups in total. The minimum atomic E-state index is 0. The third-order valence-electron chi connectivity index (χ3n) is 1.88. The number of hydroxylamine groups is 1. The number of rotatable bonds is 4. The molecule has 15 heavy (non-hydrogen) atoms. The highest BCUT2D eigenvalue weighted by Gasteiger charge is 2.03. The van der Waals surface area contributed by atoms with Crippen LogP contribution in [0.4, 0.5) is 0 Å². The van der Waals surface area contributed by atoms with Crippen molar-refractivity contribution in [2.75, 3.05) is 7.11 Å². The lowest BCUT2D eigenvalue weighted by Gasteiger charge is -2.09. The summed E-state index contributed by atoms with van der Waals surface area (Å²) in [6.07, 6.45) is 0. The molecule has 0 heterocycles. The average Bonchev–Trinajstić information content (AvgIpc) is 2.18. The molecule has 0 atom stereocenters. The van der Waals surface area contributed by atoms with Crippen LogP contribution in [0.2, 0.25) is 0 Å². The second kappa shape index (κ2) is 5.94. The van der Waals surface area contributed by atoms with Crippen LogP contribution in [-0.2, 0) is 6.54 Å². The fourth-order valence-corrected chi connectivity index (χ4v) is 1.23. The van der Waals surface area contributed by atoms with Gasteiger partial charge in [0.25, 0.3) is 0 Å². The van der Waals surface area contributed by atoms with Crippen molar-refractivity contribution in [1.82, 2.24) is 11.3 Å². The van der Waals surface area contributed by atoms with Crippen LogP contribution in [0.1, 0.15) is 11.1 Å². The number of methoxy groups -OCH3 is 1. The van der Waals surface area contributed by atoms with Crippen LogP contribution in [0.25, 0.3) is 0 Å². The van der Waals surface area contributed by atoms with Crippen LogP contribution < -0.4 is 10.9 Å². The van der Waals surface area contributed by atoms with Crippen LogP contribution in [0.15, 0.2) is 23.5 Å². The van der Waals surface area contributed by atoms with Crippen LogP contribution in [0, 0.1) is 11.8 Å². The number of hydrogen-bond acceptors (Lipinski definition) is 5. The van der Waals surface area contributed by atoms with Crippen molar-refractivity contribution in [2.45, 2.75) is 13.5 Å². The molecule has 1 aromatic carbocycles. The minimum Gasteiger partial charge on any atom is -0.496 e. The molecular formula is C9H15N3O3. The first-order chi connectivity index (χ1) is 6.67. The fourth-order valence-electron chi connectivity index (χ4n) is 1.23. The molecule has 0 aliphatic rings. The molecule has 1 rings (SSSR count). The van der Waals surface area contributed by atoms with Crippen molar-refractivity contribution in [3.05, 3.63) is 34.2 Å². The Balaban J connectivity index is 0.00000196. The quantitative estimate of drug-likeness (QED) is 0.589. The van der Waals surface area contributed by atoms with Crippen LogP contribution >= 0.6 is 0 Å². The number of ether oxygens (including phenoxy) is 1. The molecule has 0 unspecified atom stereocenters. The number of nitrogens with zero attached hydrogens (tertiary/aromatic N) is 2. The SMILES string of the molecule is COc1ccc(CN(O)N=O)cc1C.N. The third-order valence-corrected chi connectivity index (χ3v) is 1.88. The summed E-state index contributed by atoms with van der Waals surface area (Å²) in [5.41, 5.74) is 1.75. The lowest BCUT2D eigenvalue weighted by atomic mass is 10.1. The normalized spacial score (nSPS) is 9.00. The van der Waals surface area contributed by atoms with E-state index in [1.807, 2.05) is 13.0 Å². The highest BCUT2D eigenvalue weighted by atomic mass is 16.6. The van der Waals surface area contributed by atoms with E-state index in [0.29, 0.717) is 5.17 Å². The Labute approximate surface area is 87.9 Å². The highest BCUT2D eigenvalue weighted by Crippen LogP contribution is 2.19. The van der Waals surface area contributed by atoms with Gasteiger partial charge in [-0.2, -0.15) is 0 Å². The molecular weight excluding hydrogens is 198 g/mol. The lowest BCUT2D eigenvalue weighted by molar-refractivity contribution is -0.100. The second-order valence-electron chi connectivity index (χ2n) is 2.92. The van der Waals surface area contributed by atoms with E-state index in [1.54, 1.807) is 19.2 Å². The zero-order chi connectivity index (χ0) is 10.6. The maximum atomic E-state index is 9.92. The standard InChI is InChI=1S/C9H12N2O3.H3N/c1-7-5-8(6-11(13)10-12)3-4-9(7)14-2;/h3-5,13H,6H2,1-2H3;1H3. The van der Waals surface area contributed by atoms with Crippen molar-refractivity contribution in [1.29, 1.82) is 0 Å². The first-order valence-corrected chi connectivity index (χ1v) is 4.10. The summed E-state index contributed by atoms with van der Waals surface area (Å²) in [4.78, 5) is 9.92. The van der Waals surface area contributed by atoms with Gasteiger partial charge in [-0.15, -0.1) is 10.1 Å². The van der Waals surface area contributed by atoms with Gasteiger partial charge in [0.15, 0.2) is 0 Å². The van der Waals surface area contributed by atoms with Gasteiger partial charge in [0.05, 0.1) is 18.9 Å². The van der Waals surface area contributed by atoms with E-state index in [2.05, 4.69) is 5.29 Å². The smallest absolute Gasteiger partial charge is 0.121 e. The Hall–Kier alpha value is -1.66. The van der Waals surface area contributed by atoms with Crippen molar-refractivity contribution >= 4 is 0 Å². The van der Waals surface area contributed by atoms with Crippen LogP contribution in [0.3, 0.4) is 0 Å². The zero-order valence-corrected chi connectivity index (χ0v) is 8.80. The third kappa shape index (κ3) is 3.53. The minimum absolute atomic E-state index is 0. The summed E-state index contributed by atoms with van der Waals surface area (Å²) in [5, 5.41) is 11.6. The summed E-state index contributed by atoms with van der Waals surface area (Å²) in [5.74, 6) is 0.775. The molecule has 0 aliphatic heterocycles. The van der Waals surface area contributed by atoms with Gasteiger partial charge in [0.1, 0.15) is 5.75 Å². The second-order valence-corrected chi connectivity index (χ2v) is 2.92. The maximum absolute atomic E-state index is 9.92. The van der Waals surface area contributed by atoms with Gasteiger partial charge < -0.3 is 10.9 Å². The average molecular weight is 213 g/mol. The molecule has 0 saturated carbocycles. The first kappa shape index (κ1) is 13.3. The van der Waals surface area contributed by atoms with Crippen LogP contribution in [0.5, 0.6) is 5.75 Å². The Morgan fingerprint density at radius 3 is 2.67 bits per heavy atom. The Bertz CT molecular complexity index is 330. The van der Waals surface area contributed by atoms with E-state index >= 15 is 0 Å². The summed E-state index contributed by atoms with van der Waals surface area (Å²) in [6, 6.07) is 5.37. The highest BCUT2D eigenvalue weighted by molar-refractivity contribution is 5.35. The molecule has 0 spiro atoms. The fraction of sp³-hybridized carbons (Fsp3) is 0.333. The summed E-state index contributed by atoms with van der Waals surface area (Å²) in [6.45, 7) is 1.97. The van der Waals surface area contributed by atoms with Crippen molar-refractivity contribution < 1.29 is 9.94 Å². The zero-order valence-electron chi connectivity index (χ0n) is 8.80. The molecule has 0 amide bonds. The Morgan fingerprint density at radius 1 is 1.53 bits per heavy atom. The van der Waals surface area contributed by atoms with Crippen molar-refractivity contribution in [3.8, 4) is 5.75 Å². The number of aryl methyl sites for hydroxylation is 1. The first-order valence-electron chi connectivity index (χ1n) is 4.10. The lowest BCUT2D eigenvalue weighted by Crippen LogP contribution is -2.10. The van der Waals surface area contributed by atoms with Gasteiger partial charge >= 0.3 is 0 Å². The van der Waals surface area contributed by atoms with Gasteiger partial charge in [-0.3, -0.25) is 5.21 Å². The Kier molecular flexibility index (Phi) is 5.29. The van der Waals surface area contributed by atoms with E-state index in [9.17, 15) is 4.91 Å².